The summed E-state index contributed by atoms with van der Waals surface area (Å²) in [5, 5.41) is 0. The Morgan fingerprint density at radius 1 is 1.56 bits per heavy atom. The highest BCUT2D eigenvalue weighted by atomic mass is 16.5. The number of nitrogens with zero attached hydrogens (tertiary/aromatic N) is 1. The summed E-state index contributed by atoms with van der Waals surface area (Å²) >= 11 is 0. The molecule has 86 valence electrons. The number of aromatic nitrogens is 1. The lowest BCUT2D eigenvalue weighted by Gasteiger charge is -2.05. The number of pyridine rings is 1. The molecule has 1 heterocycles. The molecule has 0 fully saturated rings. The van der Waals surface area contributed by atoms with Crippen LogP contribution in [-0.2, 0) is 9.53 Å². The highest BCUT2D eigenvalue weighted by molar-refractivity contribution is 5.88. The largest absolute Gasteiger partial charge is 0.463 e. The van der Waals surface area contributed by atoms with Crippen LogP contribution in [-0.4, -0.2) is 17.6 Å². The molecule has 0 spiro atoms. The lowest BCUT2D eigenvalue weighted by atomic mass is 10.1. The second kappa shape index (κ2) is 5.30. The number of nitrogen functional groups attached to an aromatic ring is 1. The first-order chi connectivity index (χ1) is 7.54. The van der Waals surface area contributed by atoms with Crippen LogP contribution < -0.4 is 5.73 Å². The van der Waals surface area contributed by atoms with Gasteiger partial charge in [-0.05, 0) is 32.9 Å². The lowest BCUT2D eigenvalue weighted by molar-refractivity contribution is -0.137. The quantitative estimate of drug-likeness (QED) is 0.623. The third-order valence-electron chi connectivity index (χ3n) is 2.09. The van der Waals surface area contributed by atoms with E-state index in [1.165, 1.54) is 6.08 Å². The normalized spacial score (nSPS) is 10.7. The van der Waals surface area contributed by atoms with Gasteiger partial charge in [-0.2, -0.15) is 0 Å². The Morgan fingerprint density at radius 2 is 2.25 bits per heavy atom. The predicted molar refractivity (Wildman–Crippen MR) is 63.8 cm³/mol. The second-order valence-corrected chi connectivity index (χ2v) is 3.44. The number of nitrogens with two attached hydrogens (primary N) is 1. The summed E-state index contributed by atoms with van der Waals surface area (Å²) in [6.45, 7) is 5.85. The van der Waals surface area contributed by atoms with E-state index in [0.717, 1.165) is 17.0 Å². The fourth-order valence-electron chi connectivity index (χ4n) is 1.35. The van der Waals surface area contributed by atoms with Crippen molar-refractivity contribution in [3.63, 3.8) is 0 Å². The molecule has 16 heavy (non-hydrogen) atoms. The number of anilines is 1. The second-order valence-electron chi connectivity index (χ2n) is 3.44. The molecule has 4 heteroatoms. The molecule has 0 aliphatic rings. The molecule has 0 saturated heterocycles. The van der Waals surface area contributed by atoms with Gasteiger partial charge in [0.15, 0.2) is 0 Å². The van der Waals surface area contributed by atoms with Crippen LogP contribution in [0.2, 0.25) is 0 Å². The van der Waals surface area contributed by atoms with Gasteiger partial charge in [0.05, 0.1) is 18.0 Å². The molecule has 2 N–H and O–H groups in total. The molecule has 0 unspecified atom stereocenters. The SMILES string of the molecule is CCOC(=O)/C=C/c1cc(C)nc(C)c1N. The van der Waals surface area contributed by atoms with Gasteiger partial charge in [0.25, 0.3) is 0 Å². The summed E-state index contributed by atoms with van der Waals surface area (Å²) in [7, 11) is 0. The van der Waals surface area contributed by atoms with Gasteiger partial charge in [-0.3, -0.25) is 4.98 Å². The zero-order valence-electron chi connectivity index (χ0n) is 9.78. The zero-order chi connectivity index (χ0) is 12.1. The van der Waals surface area contributed by atoms with Crippen molar-refractivity contribution in [2.45, 2.75) is 20.8 Å². The molecule has 0 saturated carbocycles. The Labute approximate surface area is 95.1 Å². The lowest BCUT2D eigenvalue weighted by Crippen LogP contribution is -2.01. The number of esters is 1. The highest BCUT2D eigenvalue weighted by Gasteiger charge is 2.02. The van der Waals surface area contributed by atoms with Crippen LogP contribution in [0.1, 0.15) is 23.9 Å². The van der Waals surface area contributed by atoms with Crippen LogP contribution in [0.15, 0.2) is 12.1 Å². The number of hydrogen-bond donors (Lipinski definition) is 1. The molecule has 0 aliphatic heterocycles. The molecule has 0 aliphatic carbocycles. The number of ether oxygens (including phenoxy) is 1. The van der Waals surface area contributed by atoms with Crippen molar-refractivity contribution < 1.29 is 9.53 Å². The van der Waals surface area contributed by atoms with Gasteiger partial charge in [-0.1, -0.05) is 0 Å². The van der Waals surface area contributed by atoms with Crippen molar-refractivity contribution in [3.05, 3.63) is 29.1 Å². The number of hydrogen-bond acceptors (Lipinski definition) is 4. The first-order valence-electron chi connectivity index (χ1n) is 5.13. The molecule has 0 radical (unpaired) electrons. The maximum Gasteiger partial charge on any atom is 0.330 e. The van der Waals surface area contributed by atoms with Crippen LogP contribution in [0.3, 0.4) is 0 Å². The minimum absolute atomic E-state index is 0.367. The molecule has 0 amide bonds. The van der Waals surface area contributed by atoms with Gasteiger partial charge >= 0.3 is 5.97 Å². The van der Waals surface area contributed by atoms with E-state index in [9.17, 15) is 4.79 Å². The summed E-state index contributed by atoms with van der Waals surface area (Å²) in [5.41, 5.74) is 8.86. The number of aryl methyl sites for hydroxylation is 2. The van der Waals surface area contributed by atoms with Crippen molar-refractivity contribution in [1.29, 1.82) is 0 Å². The van der Waals surface area contributed by atoms with Gasteiger partial charge < -0.3 is 10.5 Å². The Balaban J connectivity index is 2.93. The average molecular weight is 220 g/mol. The Bertz CT molecular complexity index is 425. The Morgan fingerprint density at radius 3 is 2.88 bits per heavy atom. The number of carbonyl (C=O) groups excluding carboxylic acids is 1. The fraction of sp³-hybridized carbons (Fsp3) is 0.333. The van der Waals surface area contributed by atoms with E-state index in [1.807, 2.05) is 19.9 Å². The van der Waals surface area contributed by atoms with Crippen molar-refractivity contribution in [1.82, 2.24) is 4.98 Å². The maximum atomic E-state index is 11.1. The molecular weight excluding hydrogens is 204 g/mol. The molecule has 1 aromatic rings. The molecule has 1 aromatic heterocycles. The summed E-state index contributed by atoms with van der Waals surface area (Å²) in [6, 6.07) is 1.83. The van der Waals surface area contributed by atoms with Crippen LogP contribution in [0.4, 0.5) is 5.69 Å². The first-order valence-corrected chi connectivity index (χ1v) is 5.13. The molecular formula is C12H16N2O2. The summed E-state index contributed by atoms with van der Waals surface area (Å²) in [6.07, 6.45) is 3.02. The van der Waals surface area contributed by atoms with Crippen LogP contribution in [0.25, 0.3) is 6.08 Å². The third-order valence-corrected chi connectivity index (χ3v) is 2.09. The Hall–Kier alpha value is -1.84. The van der Waals surface area contributed by atoms with E-state index < -0.39 is 0 Å². The van der Waals surface area contributed by atoms with E-state index in [1.54, 1.807) is 13.0 Å². The van der Waals surface area contributed by atoms with Crippen molar-refractivity contribution in [2.75, 3.05) is 12.3 Å². The maximum absolute atomic E-state index is 11.1. The summed E-state index contributed by atoms with van der Waals surface area (Å²) < 4.78 is 4.78. The van der Waals surface area contributed by atoms with E-state index >= 15 is 0 Å². The smallest absolute Gasteiger partial charge is 0.330 e. The van der Waals surface area contributed by atoms with Crippen molar-refractivity contribution in [3.8, 4) is 0 Å². The van der Waals surface area contributed by atoms with Gasteiger partial charge in [-0.15, -0.1) is 0 Å². The van der Waals surface area contributed by atoms with Gasteiger partial charge in [0.2, 0.25) is 0 Å². The molecule has 4 nitrogen and oxygen atoms in total. The topological polar surface area (TPSA) is 65.2 Å². The average Bonchev–Trinajstić information content (AvgIpc) is 2.21. The monoisotopic (exact) mass is 220 g/mol. The highest BCUT2D eigenvalue weighted by Crippen LogP contribution is 2.17. The first kappa shape index (κ1) is 12.2. The van der Waals surface area contributed by atoms with Crippen LogP contribution in [0, 0.1) is 13.8 Å². The fourth-order valence-corrected chi connectivity index (χ4v) is 1.35. The summed E-state index contributed by atoms with van der Waals surface area (Å²) in [5.74, 6) is -0.367. The Kier molecular flexibility index (Phi) is 4.05. The number of carbonyl (C=O) groups is 1. The van der Waals surface area contributed by atoms with Crippen molar-refractivity contribution >= 4 is 17.7 Å². The molecule has 1 rings (SSSR count). The van der Waals surface area contributed by atoms with Crippen molar-refractivity contribution in [2.24, 2.45) is 0 Å². The van der Waals surface area contributed by atoms with E-state index in [-0.39, 0.29) is 5.97 Å². The van der Waals surface area contributed by atoms with E-state index in [0.29, 0.717) is 12.3 Å². The minimum atomic E-state index is -0.367. The standard InChI is InChI=1S/C12H16N2O2/c1-4-16-11(15)6-5-10-7-8(2)14-9(3)12(10)13/h5-7H,4,13H2,1-3H3/b6-5+. The molecule has 0 bridgehead atoms. The summed E-state index contributed by atoms with van der Waals surface area (Å²) in [4.78, 5) is 15.4. The molecule has 0 aromatic carbocycles. The zero-order valence-corrected chi connectivity index (χ0v) is 9.78. The predicted octanol–water partition coefficient (Wildman–Crippen LogP) is 1.86. The van der Waals surface area contributed by atoms with E-state index in [2.05, 4.69) is 4.98 Å². The van der Waals surface area contributed by atoms with Gasteiger partial charge in [0.1, 0.15) is 0 Å². The number of rotatable bonds is 3. The van der Waals surface area contributed by atoms with Gasteiger partial charge in [-0.25, -0.2) is 4.79 Å². The minimum Gasteiger partial charge on any atom is -0.463 e. The van der Waals surface area contributed by atoms with E-state index in [4.69, 9.17) is 10.5 Å². The van der Waals surface area contributed by atoms with Crippen LogP contribution >= 0.6 is 0 Å². The molecule has 0 atom stereocenters. The third kappa shape index (κ3) is 3.08. The van der Waals surface area contributed by atoms with Gasteiger partial charge in [0, 0.05) is 17.3 Å². The van der Waals surface area contributed by atoms with Crippen LogP contribution in [0.5, 0.6) is 0 Å².